The number of aromatic nitrogens is 1. The first-order valence-corrected chi connectivity index (χ1v) is 4.59. The number of nitrogens with zero attached hydrogens (tertiary/aromatic N) is 1. The lowest BCUT2D eigenvalue weighted by Crippen LogP contribution is -1.70. The summed E-state index contributed by atoms with van der Waals surface area (Å²) in [5, 5.41) is 0. The third-order valence-electron chi connectivity index (χ3n) is 1.65. The van der Waals surface area contributed by atoms with Gasteiger partial charge < -0.3 is 4.42 Å². The van der Waals surface area contributed by atoms with Crippen molar-refractivity contribution in [3.05, 3.63) is 29.7 Å². The van der Waals surface area contributed by atoms with Gasteiger partial charge in [-0.15, -0.1) is 12.4 Å². The zero-order valence-corrected chi connectivity index (χ0v) is 9.81. The van der Waals surface area contributed by atoms with Gasteiger partial charge in [-0.3, -0.25) is 0 Å². The first-order valence-electron chi connectivity index (χ1n) is 4.59. The Bertz CT molecular complexity index is 395. The summed E-state index contributed by atoms with van der Waals surface area (Å²) in [4.78, 5) is 4.19. The van der Waals surface area contributed by atoms with Gasteiger partial charge in [-0.25, -0.2) is 4.98 Å². The lowest BCUT2D eigenvalue weighted by molar-refractivity contribution is 0.561. The maximum absolute atomic E-state index is 5.34. The summed E-state index contributed by atoms with van der Waals surface area (Å²) in [5.74, 6) is 0.727. The summed E-state index contributed by atoms with van der Waals surface area (Å²) in [5.41, 5.74) is 3.02. The van der Waals surface area contributed by atoms with Gasteiger partial charge in [0, 0.05) is 6.92 Å². The van der Waals surface area contributed by atoms with Crippen molar-refractivity contribution in [2.24, 2.45) is 0 Å². The lowest BCUT2D eigenvalue weighted by atomic mass is 10.2. The number of halogens is 1. The predicted molar refractivity (Wildman–Crippen MR) is 62.1 cm³/mol. The van der Waals surface area contributed by atoms with Gasteiger partial charge in [0.05, 0.1) is 0 Å². The van der Waals surface area contributed by atoms with Crippen LogP contribution in [0.2, 0.25) is 0 Å². The monoisotopic (exact) mass is 213 g/mol. The highest BCUT2D eigenvalue weighted by Gasteiger charge is 1.99. The molecule has 1 heterocycles. The van der Waals surface area contributed by atoms with Crippen LogP contribution in [0.5, 0.6) is 0 Å². The van der Waals surface area contributed by atoms with E-state index in [1.165, 1.54) is 5.56 Å². The predicted octanol–water partition coefficient (Wildman–Crippen LogP) is 3.89. The van der Waals surface area contributed by atoms with Gasteiger partial charge in [0.2, 0.25) is 0 Å². The molecule has 0 aliphatic heterocycles. The van der Waals surface area contributed by atoms with Crippen LogP contribution in [0.15, 0.2) is 22.6 Å². The minimum Gasteiger partial charge on any atom is -0.441 e. The molecule has 1 aromatic heterocycles. The maximum Gasteiger partial charge on any atom is 0.192 e. The highest BCUT2D eigenvalue weighted by atomic mass is 35.5. The molecule has 2 aromatic rings. The number of rotatable bonds is 0. The molecule has 2 rings (SSSR count). The lowest BCUT2D eigenvalue weighted by Gasteiger charge is -1.87. The highest BCUT2D eigenvalue weighted by Crippen LogP contribution is 2.15. The number of oxazole rings is 1. The van der Waals surface area contributed by atoms with E-state index in [9.17, 15) is 0 Å². The number of hydrogen-bond donors (Lipinski definition) is 0. The molecule has 0 amide bonds. The summed E-state index contributed by atoms with van der Waals surface area (Å²) in [6, 6.07) is 6.00. The second-order valence-corrected chi connectivity index (χ2v) is 2.70. The van der Waals surface area contributed by atoms with E-state index in [-0.39, 0.29) is 12.4 Å². The van der Waals surface area contributed by atoms with Gasteiger partial charge in [-0.2, -0.15) is 0 Å². The molecule has 0 bridgehead atoms. The molecule has 0 aliphatic rings. The van der Waals surface area contributed by atoms with Crippen molar-refractivity contribution in [3.8, 4) is 0 Å². The quantitative estimate of drug-likeness (QED) is 0.664. The van der Waals surface area contributed by atoms with Crippen molar-refractivity contribution < 1.29 is 4.42 Å². The zero-order chi connectivity index (χ0) is 9.84. The van der Waals surface area contributed by atoms with Crippen molar-refractivity contribution in [1.29, 1.82) is 0 Å². The molecule has 0 fully saturated rings. The van der Waals surface area contributed by atoms with Crippen LogP contribution >= 0.6 is 12.4 Å². The van der Waals surface area contributed by atoms with Crippen molar-refractivity contribution >= 4 is 23.5 Å². The van der Waals surface area contributed by atoms with Crippen LogP contribution in [0, 0.1) is 13.8 Å². The zero-order valence-electron chi connectivity index (χ0n) is 9.00. The third-order valence-corrected chi connectivity index (χ3v) is 1.65. The molecule has 0 atom stereocenters. The number of benzene rings is 1. The molecule has 0 N–H and O–H groups in total. The Labute approximate surface area is 90.7 Å². The Balaban J connectivity index is 0.000000531. The van der Waals surface area contributed by atoms with E-state index >= 15 is 0 Å². The fourth-order valence-electron chi connectivity index (χ4n) is 1.15. The largest absolute Gasteiger partial charge is 0.441 e. The van der Waals surface area contributed by atoms with Gasteiger partial charge in [0.1, 0.15) is 5.52 Å². The minimum absolute atomic E-state index is 0. The number of fused-ring (bicyclic) bond motifs is 1. The SMILES string of the molecule is CC.Cc1ccc2nc(C)oc2c1.Cl. The van der Waals surface area contributed by atoms with E-state index < -0.39 is 0 Å². The third kappa shape index (κ3) is 2.74. The molecule has 3 heteroatoms. The smallest absolute Gasteiger partial charge is 0.192 e. The Hall–Kier alpha value is -1.02. The summed E-state index contributed by atoms with van der Waals surface area (Å²) in [7, 11) is 0. The molecule has 0 saturated heterocycles. The summed E-state index contributed by atoms with van der Waals surface area (Å²) < 4.78 is 5.34. The second kappa shape index (κ2) is 5.66. The normalized spacial score (nSPS) is 8.86. The Morgan fingerprint density at radius 3 is 2.43 bits per heavy atom. The fourth-order valence-corrected chi connectivity index (χ4v) is 1.15. The van der Waals surface area contributed by atoms with E-state index in [4.69, 9.17) is 4.42 Å². The first kappa shape index (κ1) is 13.0. The molecule has 14 heavy (non-hydrogen) atoms. The van der Waals surface area contributed by atoms with Crippen molar-refractivity contribution in [2.75, 3.05) is 0 Å². The summed E-state index contributed by atoms with van der Waals surface area (Å²) in [6.45, 7) is 7.90. The standard InChI is InChI=1S/C9H9NO.C2H6.ClH/c1-6-3-4-8-9(5-6)11-7(2)10-8;1-2;/h3-5H,1-2H3;1-2H3;1H. The Morgan fingerprint density at radius 2 is 1.79 bits per heavy atom. The summed E-state index contributed by atoms with van der Waals surface area (Å²) in [6.07, 6.45) is 0. The van der Waals surface area contributed by atoms with Crippen molar-refractivity contribution in [3.63, 3.8) is 0 Å². The Morgan fingerprint density at radius 1 is 1.14 bits per heavy atom. The van der Waals surface area contributed by atoms with Gasteiger partial charge in [-0.05, 0) is 24.6 Å². The minimum atomic E-state index is 0. The molecule has 0 aliphatic carbocycles. The van der Waals surface area contributed by atoms with Crippen LogP contribution in [0.1, 0.15) is 25.3 Å². The van der Waals surface area contributed by atoms with Gasteiger partial charge in [0.15, 0.2) is 11.5 Å². The molecule has 78 valence electrons. The Kier molecular flexibility index (Phi) is 5.24. The van der Waals surface area contributed by atoms with Crippen molar-refractivity contribution in [1.82, 2.24) is 4.98 Å². The molecule has 0 spiro atoms. The number of aryl methyl sites for hydroxylation is 2. The molecule has 0 radical (unpaired) electrons. The van der Waals surface area contributed by atoms with Crippen LogP contribution in [-0.2, 0) is 0 Å². The van der Waals surface area contributed by atoms with E-state index in [1.54, 1.807) is 0 Å². The topological polar surface area (TPSA) is 26.0 Å². The van der Waals surface area contributed by atoms with Crippen LogP contribution in [0.4, 0.5) is 0 Å². The molecular weight excluding hydrogens is 198 g/mol. The molecule has 1 aromatic carbocycles. The maximum atomic E-state index is 5.34. The molecule has 2 nitrogen and oxygen atoms in total. The number of hydrogen-bond acceptors (Lipinski definition) is 2. The van der Waals surface area contributed by atoms with Crippen molar-refractivity contribution in [2.45, 2.75) is 27.7 Å². The van der Waals surface area contributed by atoms with E-state index in [0.717, 1.165) is 17.0 Å². The van der Waals surface area contributed by atoms with Gasteiger partial charge in [0.25, 0.3) is 0 Å². The van der Waals surface area contributed by atoms with E-state index in [1.807, 2.05) is 45.9 Å². The molecular formula is C11H16ClNO. The van der Waals surface area contributed by atoms with Crippen LogP contribution in [-0.4, -0.2) is 4.98 Å². The molecule has 0 unspecified atom stereocenters. The fraction of sp³-hybridized carbons (Fsp3) is 0.364. The van der Waals surface area contributed by atoms with E-state index in [2.05, 4.69) is 4.98 Å². The average Bonchev–Trinajstić information content (AvgIpc) is 2.48. The van der Waals surface area contributed by atoms with Gasteiger partial charge in [-0.1, -0.05) is 19.9 Å². The molecule has 0 saturated carbocycles. The first-order chi connectivity index (χ1) is 6.25. The second-order valence-electron chi connectivity index (χ2n) is 2.70. The summed E-state index contributed by atoms with van der Waals surface area (Å²) >= 11 is 0. The van der Waals surface area contributed by atoms with Crippen LogP contribution in [0.25, 0.3) is 11.1 Å². The average molecular weight is 214 g/mol. The van der Waals surface area contributed by atoms with Gasteiger partial charge >= 0.3 is 0 Å². The highest BCUT2D eigenvalue weighted by molar-refractivity contribution is 5.85. The van der Waals surface area contributed by atoms with Crippen LogP contribution < -0.4 is 0 Å². The van der Waals surface area contributed by atoms with Crippen LogP contribution in [0.3, 0.4) is 0 Å². The van der Waals surface area contributed by atoms with E-state index in [0.29, 0.717) is 0 Å².